The van der Waals surface area contributed by atoms with Gasteiger partial charge in [-0.2, -0.15) is 0 Å². The Morgan fingerprint density at radius 1 is 1.09 bits per heavy atom. The number of halogens is 1. The molecule has 0 saturated heterocycles. The normalized spacial score (nSPS) is 11.1. The number of nitrogens with one attached hydrogen (secondary N) is 2. The lowest BCUT2D eigenvalue weighted by Crippen LogP contribution is -2.48. The predicted molar refractivity (Wildman–Crippen MR) is 93.8 cm³/mol. The first kappa shape index (κ1) is 17.3. The predicted octanol–water partition coefficient (Wildman–Crippen LogP) is 4.46. The first-order valence-corrected chi connectivity index (χ1v) is 7.79. The van der Waals surface area contributed by atoms with Gasteiger partial charge >= 0.3 is 6.03 Å². The summed E-state index contributed by atoms with van der Waals surface area (Å²) in [6.45, 7) is 4.76. The van der Waals surface area contributed by atoms with Crippen LogP contribution in [-0.2, 0) is 11.3 Å². The van der Waals surface area contributed by atoms with Crippen LogP contribution in [0.3, 0.4) is 0 Å². The van der Waals surface area contributed by atoms with E-state index in [0.717, 1.165) is 5.56 Å². The zero-order valence-electron chi connectivity index (χ0n) is 13.3. The van der Waals surface area contributed by atoms with E-state index in [0.29, 0.717) is 23.9 Å². The zero-order chi connectivity index (χ0) is 16.7. The first-order valence-electron chi connectivity index (χ1n) is 7.41. The molecule has 2 aromatic rings. The molecule has 23 heavy (non-hydrogen) atoms. The smallest absolute Gasteiger partial charge is 0.319 e. The van der Waals surface area contributed by atoms with Crippen molar-refractivity contribution in [1.82, 2.24) is 5.32 Å². The molecule has 2 amide bonds. The Morgan fingerprint density at radius 3 is 2.39 bits per heavy atom. The Morgan fingerprint density at radius 2 is 1.74 bits per heavy atom. The van der Waals surface area contributed by atoms with Crippen LogP contribution in [0.5, 0.6) is 0 Å². The zero-order valence-corrected chi connectivity index (χ0v) is 14.1. The number of carbonyl (C=O) groups excluding carboxylic acids is 1. The van der Waals surface area contributed by atoms with Gasteiger partial charge in [0.25, 0.3) is 0 Å². The number of ether oxygens (including phenoxy) is 1. The molecule has 2 N–H and O–H groups in total. The molecule has 0 aromatic heterocycles. The SMILES string of the molecule is CC(C)(COCc1ccccc1)NC(=O)Nc1ccc(Cl)cc1. The molecular formula is C18H21ClN2O2. The van der Waals surface area contributed by atoms with Gasteiger partial charge in [-0.05, 0) is 43.7 Å². The molecule has 0 aliphatic heterocycles. The van der Waals surface area contributed by atoms with Gasteiger partial charge in [0.05, 0.1) is 18.8 Å². The maximum atomic E-state index is 12.0. The molecule has 0 radical (unpaired) electrons. The summed E-state index contributed by atoms with van der Waals surface area (Å²) in [7, 11) is 0. The first-order chi connectivity index (χ1) is 10.9. The third-order valence-electron chi connectivity index (χ3n) is 3.13. The fourth-order valence-electron chi connectivity index (χ4n) is 2.04. The summed E-state index contributed by atoms with van der Waals surface area (Å²) >= 11 is 5.82. The highest BCUT2D eigenvalue weighted by Crippen LogP contribution is 2.14. The molecule has 0 aliphatic rings. The Balaban J connectivity index is 1.78. The Kier molecular flexibility index (Phi) is 6.02. The van der Waals surface area contributed by atoms with Gasteiger partial charge in [0.15, 0.2) is 0 Å². The molecule has 0 unspecified atom stereocenters. The van der Waals surface area contributed by atoms with Crippen LogP contribution in [0.25, 0.3) is 0 Å². The number of anilines is 1. The van der Waals surface area contributed by atoms with Crippen molar-refractivity contribution in [2.75, 3.05) is 11.9 Å². The molecule has 0 saturated carbocycles. The third-order valence-corrected chi connectivity index (χ3v) is 3.38. The van der Waals surface area contributed by atoms with Crippen molar-refractivity contribution in [2.24, 2.45) is 0 Å². The summed E-state index contributed by atoms with van der Waals surface area (Å²) < 4.78 is 5.69. The molecule has 4 nitrogen and oxygen atoms in total. The van der Waals surface area contributed by atoms with Gasteiger partial charge in [-0.3, -0.25) is 0 Å². The molecule has 0 spiro atoms. The number of carbonyl (C=O) groups is 1. The summed E-state index contributed by atoms with van der Waals surface area (Å²) in [5.41, 5.74) is 1.31. The molecule has 2 rings (SSSR count). The molecule has 0 fully saturated rings. The number of amides is 2. The van der Waals surface area contributed by atoms with Crippen LogP contribution >= 0.6 is 11.6 Å². The van der Waals surface area contributed by atoms with Gasteiger partial charge in [-0.15, -0.1) is 0 Å². The van der Waals surface area contributed by atoms with Crippen LogP contribution in [0, 0.1) is 0 Å². The van der Waals surface area contributed by atoms with E-state index >= 15 is 0 Å². The summed E-state index contributed by atoms with van der Waals surface area (Å²) in [4.78, 5) is 12.0. The lowest BCUT2D eigenvalue weighted by molar-refractivity contribution is 0.0753. The minimum Gasteiger partial charge on any atom is -0.374 e. The number of hydrogen-bond donors (Lipinski definition) is 2. The van der Waals surface area contributed by atoms with Crippen LogP contribution < -0.4 is 10.6 Å². The number of rotatable bonds is 6. The van der Waals surface area contributed by atoms with Crippen LogP contribution in [0.4, 0.5) is 10.5 Å². The van der Waals surface area contributed by atoms with E-state index in [2.05, 4.69) is 10.6 Å². The summed E-state index contributed by atoms with van der Waals surface area (Å²) in [5.74, 6) is 0. The van der Waals surface area contributed by atoms with E-state index in [9.17, 15) is 4.79 Å². The average Bonchev–Trinajstić information content (AvgIpc) is 2.50. The van der Waals surface area contributed by atoms with Gasteiger partial charge in [0, 0.05) is 10.7 Å². The number of hydrogen-bond acceptors (Lipinski definition) is 2. The third kappa shape index (κ3) is 6.30. The van der Waals surface area contributed by atoms with Crippen molar-refractivity contribution < 1.29 is 9.53 Å². The standard InChI is InChI=1S/C18H21ClN2O2/c1-18(2,13-23-12-14-6-4-3-5-7-14)21-17(22)20-16-10-8-15(19)9-11-16/h3-11H,12-13H2,1-2H3,(H2,20,21,22). The maximum absolute atomic E-state index is 12.0. The van der Waals surface area contributed by atoms with E-state index < -0.39 is 5.54 Å². The Labute approximate surface area is 141 Å². The fraction of sp³-hybridized carbons (Fsp3) is 0.278. The van der Waals surface area contributed by atoms with Gasteiger partial charge in [-0.1, -0.05) is 41.9 Å². The van der Waals surface area contributed by atoms with E-state index in [1.807, 2.05) is 44.2 Å². The Bertz CT molecular complexity index is 627. The average molecular weight is 333 g/mol. The van der Waals surface area contributed by atoms with Crippen molar-refractivity contribution in [2.45, 2.75) is 26.0 Å². The van der Waals surface area contributed by atoms with Gasteiger partial charge < -0.3 is 15.4 Å². The molecule has 0 heterocycles. The second-order valence-electron chi connectivity index (χ2n) is 5.95. The minimum absolute atomic E-state index is 0.277. The van der Waals surface area contributed by atoms with Gasteiger partial charge in [0.2, 0.25) is 0 Å². The topological polar surface area (TPSA) is 50.4 Å². The molecule has 0 bridgehead atoms. The van der Waals surface area contributed by atoms with Crippen molar-refractivity contribution in [1.29, 1.82) is 0 Å². The lowest BCUT2D eigenvalue weighted by atomic mass is 10.1. The van der Waals surface area contributed by atoms with Crippen LogP contribution in [0.1, 0.15) is 19.4 Å². The van der Waals surface area contributed by atoms with Crippen molar-refractivity contribution >= 4 is 23.3 Å². The summed E-state index contributed by atoms with van der Waals surface area (Å²) in [6.07, 6.45) is 0. The number of urea groups is 1. The second-order valence-corrected chi connectivity index (χ2v) is 6.38. The minimum atomic E-state index is -0.481. The van der Waals surface area contributed by atoms with Crippen molar-refractivity contribution in [3.05, 3.63) is 65.2 Å². The van der Waals surface area contributed by atoms with Crippen molar-refractivity contribution in [3.63, 3.8) is 0 Å². The van der Waals surface area contributed by atoms with Crippen LogP contribution in [-0.4, -0.2) is 18.2 Å². The quantitative estimate of drug-likeness (QED) is 0.820. The van der Waals surface area contributed by atoms with E-state index in [1.54, 1.807) is 24.3 Å². The monoisotopic (exact) mass is 332 g/mol. The fourth-order valence-corrected chi connectivity index (χ4v) is 2.16. The van der Waals surface area contributed by atoms with Crippen LogP contribution in [0.2, 0.25) is 5.02 Å². The molecule has 0 aliphatic carbocycles. The summed E-state index contributed by atoms with van der Waals surface area (Å²) in [5, 5.41) is 6.30. The largest absolute Gasteiger partial charge is 0.374 e. The molecular weight excluding hydrogens is 312 g/mol. The highest BCUT2D eigenvalue weighted by molar-refractivity contribution is 6.30. The van der Waals surface area contributed by atoms with Crippen LogP contribution in [0.15, 0.2) is 54.6 Å². The van der Waals surface area contributed by atoms with Crippen molar-refractivity contribution in [3.8, 4) is 0 Å². The van der Waals surface area contributed by atoms with Gasteiger partial charge in [-0.25, -0.2) is 4.79 Å². The number of benzene rings is 2. The van der Waals surface area contributed by atoms with E-state index in [-0.39, 0.29) is 6.03 Å². The lowest BCUT2D eigenvalue weighted by Gasteiger charge is -2.26. The maximum Gasteiger partial charge on any atom is 0.319 e. The molecule has 5 heteroatoms. The summed E-state index contributed by atoms with van der Waals surface area (Å²) in [6, 6.07) is 16.6. The van der Waals surface area contributed by atoms with E-state index in [4.69, 9.17) is 16.3 Å². The highest BCUT2D eigenvalue weighted by atomic mass is 35.5. The molecule has 0 atom stereocenters. The Hall–Kier alpha value is -2.04. The van der Waals surface area contributed by atoms with E-state index in [1.165, 1.54) is 0 Å². The second kappa shape index (κ2) is 7.99. The molecule has 2 aromatic carbocycles. The van der Waals surface area contributed by atoms with Gasteiger partial charge in [0.1, 0.15) is 0 Å². The highest BCUT2D eigenvalue weighted by Gasteiger charge is 2.20. The molecule has 122 valence electrons.